The van der Waals surface area contributed by atoms with Crippen LogP contribution in [-0.4, -0.2) is 41.5 Å². The Morgan fingerprint density at radius 3 is 2.92 bits per heavy atom. The van der Waals surface area contributed by atoms with Crippen LogP contribution in [0.25, 0.3) is 0 Å². The van der Waals surface area contributed by atoms with E-state index in [2.05, 4.69) is 29.4 Å². The van der Waals surface area contributed by atoms with E-state index >= 15 is 0 Å². The molecule has 24 heavy (non-hydrogen) atoms. The van der Waals surface area contributed by atoms with Crippen LogP contribution in [0.2, 0.25) is 0 Å². The number of non-ortho nitro benzene ring substituents is 1. The third-order valence-electron chi connectivity index (χ3n) is 4.41. The van der Waals surface area contributed by atoms with Crippen molar-refractivity contribution in [3.05, 3.63) is 39.9 Å². The molecule has 1 aromatic carbocycles. The van der Waals surface area contributed by atoms with E-state index in [9.17, 15) is 14.9 Å². The summed E-state index contributed by atoms with van der Waals surface area (Å²) < 4.78 is 0. The summed E-state index contributed by atoms with van der Waals surface area (Å²) in [6.45, 7) is 7.47. The van der Waals surface area contributed by atoms with Crippen LogP contribution in [0.4, 0.5) is 10.5 Å². The molecule has 2 rings (SSSR count). The zero-order valence-corrected chi connectivity index (χ0v) is 14.3. The Kier molecular flexibility index (Phi) is 6.54. The molecule has 0 radical (unpaired) electrons. The highest BCUT2D eigenvalue weighted by Gasteiger charge is 2.21. The maximum Gasteiger partial charge on any atom is 0.315 e. The van der Waals surface area contributed by atoms with Crippen LogP contribution in [0.15, 0.2) is 24.3 Å². The highest BCUT2D eigenvalue weighted by molar-refractivity contribution is 5.73. The monoisotopic (exact) mass is 334 g/mol. The van der Waals surface area contributed by atoms with Gasteiger partial charge in [0.05, 0.1) is 4.92 Å². The predicted molar refractivity (Wildman–Crippen MR) is 92.8 cm³/mol. The average molecular weight is 334 g/mol. The van der Waals surface area contributed by atoms with Crippen molar-refractivity contribution in [1.82, 2.24) is 15.5 Å². The Morgan fingerprint density at radius 2 is 2.21 bits per heavy atom. The van der Waals surface area contributed by atoms with Crippen molar-refractivity contribution in [3.63, 3.8) is 0 Å². The van der Waals surface area contributed by atoms with Crippen molar-refractivity contribution < 1.29 is 9.72 Å². The number of hydrogen-bond donors (Lipinski definition) is 2. The molecule has 0 unspecified atom stereocenters. The Balaban J connectivity index is 1.73. The normalized spacial score (nSPS) is 18.4. The van der Waals surface area contributed by atoms with Crippen molar-refractivity contribution in [2.45, 2.75) is 39.3 Å². The van der Waals surface area contributed by atoms with Gasteiger partial charge in [-0.05, 0) is 44.7 Å². The van der Waals surface area contributed by atoms with E-state index in [0.717, 1.165) is 19.5 Å². The summed E-state index contributed by atoms with van der Waals surface area (Å²) in [6.07, 6.45) is 2.30. The fraction of sp³-hybridized carbons (Fsp3) is 0.588. The van der Waals surface area contributed by atoms with E-state index in [-0.39, 0.29) is 18.3 Å². The van der Waals surface area contributed by atoms with Gasteiger partial charge >= 0.3 is 6.03 Å². The molecule has 1 aromatic rings. The summed E-state index contributed by atoms with van der Waals surface area (Å²) in [5.41, 5.74) is 0.744. The number of hydrogen-bond acceptors (Lipinski definition) is 4. The number of rotatable bonds is 6. The number of urea groups is 1. The standard InChI is InChI=1S/C17H26N4O3/c1-13(2)20-8-4-6-15(12-20)11-19-17(22)18-10-14-5-3-7-16(9-14)21(23)24/h3,5,7,9,13,15H,4,6,8,10-12H2,1-2H3,(H2,18,19,22)/t15-/m1/s1. The molecule has 1 heterocycles. The molecule has 0 bridgehead atoms. The van der Waals surface area contributed by atoms with Crippen LogP contribution in [0.1, 0.15) is 32.3 Å². The lowest BCUT2D eigenvalue weighted by Gasteiger charge is -2.35. The van der Waals surface area contributed by atoms with Gasteiger partial charge in [-0.15, -0.1) is 0 Å². The minimum absolute atomic E-state index is 0.0330. The molecule has 1 aliphatic rings. The molecule has 2 N–H and O–H groups in total. The Bertz CT molecular complexity index is 577. The van der Waals surface area contributed by atoms with Crippen LogP contribution in [0, 0.1) is 16.0 Å². The molecular formula is C17H26N4O3. The van der Waals surface area contributed by atoms with Gasteiger partial charge in [-0.2, -0.15) is 0 Å². The first-order valence-corrected chi connectivity index (χ1v) is 8.45. The van der Waals surface area contributed by atoms with Gasteiger partial charge in [0.25, 0.3) is 5.69 Å². The number of amides is 2. The van der Waals surface area contributed by atoms with Crippen molar-refractivity contribution >= 4 is 11.7 Å². The molecule has 0 saturated carbocycles. The smallest absolute Gasteiger partial charge is 0.315 e. The number of nitrogens with zero attached hydrogens (tertiary/aromatic N) is 2. The minimum Gasteiger partial charge on any atom is -0.338 e. The van der Waals surface area contributed by atoms with Gasteiger partial charge < -0.3 is 15.5 Å². The number of nitrogens with one attached hydrogen (secondary N) is 2. The van der Waals surface area contributed by atoms with Gasteiger partial charge in [0, 0.05) is 37.8 Å². The van der Waals surface area contributed by atoms with Gasteiger partial charge in [-0.1, -0.05) is 12.1 Å². The van der Waals surface area contributed by atoms with E-state index in [1.54, 1.807) is 12.1 Å². The van der Waals surface area contributed by atoms with Gasteiger partial charge in [0.1, 0.15) is 0 Å². The summed E-state index contributed by atoms with van der Waals surface area (Å²) >= 11 is 0. The van der Waals surface area contributed by atoms with E-state index < -0.39 is 4.92 Å². The molecule has 7 nitrogen and oxygen atoms in total. The summed E-state index contributed by atoms with van der Waals surface area (Å²) in [6, 6.07) is 6.60. The van der Waals surface area contributed by atoms with Gasteiger partial charge in [0.15, 0.2) is 0 Å². The van der Waals surface area contributed by atoms with E-state index in [1.165, 1.54) is 18.6 Å². The second-order valence-corrected chi connectivity index (χ2v) is 6.59. The maximum absolute atomic E-state index is 11.9. The third kappa shape index (κ3) is 5.49. The molecule has 0 spiro atoms. The average Bonchev–Trinajstić information content (AvgIpc) is 2.58. The molecule has 1 fully saturated rings. The Hall–Kier alpha value is -2.15. The number of piperidine rings is 1. The molecule has 0 aliphatic carbocycles. The molecule has 1 atom stereocenters. The van der Waals surface area contributed by atoms with Crippen LogP contribution in [-0.2, 0) is 6.54 Å². The molecule has 132 valence electrons. The third-order valence-corrected chi connectivity index (χ3v) is 4.41. The van der Waals surface area contributed by atoms with Gasteiger partial charge in [0.2, 0.25) is 0 Å². The first-order valence-electron chi connectivity index (χ1n) is 8.45. The van der Waals surface area contributed by atoms with E-state index in [0.29, 0.717) is 24.1 Å². The SMILES string of the molecule is CC(C)N1CCC[C@H](CNC(=O)NCc2cccc([N+](=O)[O-])c2)C1. The van der Waals surface area contributed by atoms with Crippen LogP contribution in [0.5, 0.6) is 0 Å². The number of carbonyl (C=O) groups excluding carboxylic acids is 1. The summed E-state index contributed by atoms with van der Waals surface area (Å²) in [5.74, 6) is 0.477. The number of nitro groups is 1. The van der Waals surface area contributed by atoms with Crippen molar-refractivity contribution in [1.29, 1.82) is 0 Å². The molecular weight excluding hydrogens is 308 g/mol. The van der Waals surface area contributed by atoms with Crippen LogP contribution >= 0.6 is 0 Å². The van der Waals surface area contributed by atoms with E-state index in [4.69, 9.17) is 0 Å². The lowest BCUT2D eigenvalue weighted by atomic mass is 9.97. The molecule has 1 aliphatic heterocycles. The summed E-state index contributed by atoms with van der Waals surface area (Å²) in [7, 11) is 0. The largest absolute Gasteiger partial charge is 0.338 e. The Morgan fingerprint density at radius 1 is 1.42 bits per heavy atom. The lowest BCUT2D eigenvalue weighted by molar-refractivity contribution is -0.384. The highest BCUT2D eigenvalue weighted by atomic mass is 16.6. The number of benzene rings is 1. The van der Waals surface area contributed by atoms with Gasteiger partial charge in [-0.3, -0.25) is 10.1 Å². The van der Waals surface area contributed by atoms with Crippen molar-refractivity contribution in [2.24, 2.45) is 5.92 Å². The second kappa shape index (κ2) is 8.63. The highest BCUT2D eigenvalue weighted by Crippen LogP contribution is 2.17. The zero-order chi connectivity index (χ0) is 17.5. The fourth-order valence-corrected chi connectivity index (χ4v) is 2.99. The van der Waals surface area contributed by atoms with Gasteiger partial charge in [-0.25, -0.2) is 4.79 Å². The zero-order valence-electron chi connectivity index (χ0n) is 14.3. The first-order chi connectivity index (χ1) is 11.5. The second-order valence-electron chi connectivity index (χ2n) is 6.59. The number of likely N-dealkylation sites (tertiary alicyclic amines) is 1. The summed E-state index contributed by atoms with van der Waals surface area (Å²) in [5, 5.41) is 16.4. The number of carbonyl (C=O) groups is 1. The minimum atomic E-state index is -0.437. The molecule has 2 amide bonds. The lowest BCUT2D eigenvalue weighted by Crippen LogP contribution is -2.45. The Labute approximate surface area is 142 Å². The summed E-state index contributed by atoms with van der Waals surface area (Å²) in [4.78, 5) is 24.7. The van der Waals surface area contributed by atoms with E-state index in [1.807, 2.05) is 0 Å². The molecule has 7 heteroatoms. The number of nitro benzene ring substituents is 1. The van der Waals surface area contributed by atoms with Crippen molar-refractivity contribution in [2.75, 3.05) is 19.6 Å². The van der Waals surface area contributed by atoms with Crippen LogP contribution < -0.4 is 10.6 Å². The van der Waals surface area contributed by atoms with Crippen LogP contribution in [0.3, 0.4) is 0 Å². The quantitative estimate of drug-likeness (QED) is 0.618. The predicted octanol–water partition coefficient (Wildman–Crippen LogP) is 2.51. The molecule has 0 aromatic heterocycles. The fourth-order valence-electron chi connectivity index (χ4n) is 2.99. The van der Waals surface area contributed by atoms with Crippen molar-refractivity contribution in [3.8, 4) is 0 Å². The first kappa shape index (κ1) is 18.2. The maximum atomic E-state index is 11.9. The topological polar surface area (TPSA) is 87.5 Å². The molecule has 1 saturated heterocycles.